The van der Waals surface area contributed by atoms with Gasteiger partial charge in [-0.25, -0.2) is 0 Å². The van der Waals surface area contributed by atoms with Gasteiger partial charge in [-0.3, -0.25) is 9.59 Å². The molecule has 1 N–H and O–H groups in total. The molecule has 0 aliphatic carbocycles. The van der Waals surface area contributed by atoms with Crippen LogP contribution in [-0.4, -0.2) is 25.0 Å². The number of unbranched alkanes of at least 4 members (excludes halogenated alkanes) is 11. The maximum Gasteiger partial charge on any atom is 0.302 e. The van der Waals surface area contributed by atoms with Gasteiger partial charge in [-0.1, -0.05) is 70.4 Å². The smallest absolute Gasteiger partial charge is 0.302 e. The monoisotopic (exact) mass is 367 g/mol. The Labute approximate surface area is 161 Å². The predicted octanol–water partition coefficient (Wildman–Crippen LogP) is 5.70. The molecule has 0 aromatic carbocycles. The number of rotatable bonds is 18. The highest BCUT2D eigenvalue weighted by atomic mass is 16.5. The lowest BCUT2D eigenvalue weighted by Crippen LogP contribution is -2.27. The molecular formula is C22H41NO3. The van der Waals surface area contributed by atoms with Crippen LogP contribution in [0.25, 0.3) is 0 Å². The molecule has 0 saturated carbocycles. The van der Waals surface area contributed by atoms with Gasteiger partial charge in [-0.15, -0.1) is 0 Å². The zero-order valence-corrected chi connectivity index (χ0v) is 17.2. The molecule has 0 saturated heterocycles. The number of carbonyl (C=O) groups excluding carboxylic acids is 2. The Balaban J connectivity index is 3.22. The summed E-state index contributed by atoms with van der Waals surface area (Å²) in [5.41, 5.74) is 0. The molecule has 0 spiro atoms. The summed E-state index contributed by atoms with van der Waals surface area (Å²) in [5.74, 6) is -0.258. The molecule has 1 amide bonds. The van der Waals surface area contributed by atoms with Gasteiger partial charge < -0.3 is 10.1 Å². The van der Waals surface area contributed by atoms with Gasteiger partial charge in [0.2, 0.25) is 5.91 Å². The number of nitrogens with one attached hydrogen (secondary N) is 1. The second-order valence-electron chi connectivity index (χ2n) is 7.02. The molecule has 0 fully saturated rings. The van der Waals surface area contributed by atoms with Crippen molar-refractivity contribution in [2.75, 3.05) is 13.2 Å². The average Bonchev–Trinajstić information content (AvgIpc) is 2.62. The Morgan fingerprint density at radius 2 is 1.35 bits per heavy atom. The van der Waals surface area contributed by atoms with E-state index in [9.17, 15) is 9.59 Å². The lowest BCUT2D eigenvalue weighted by Gasteiger charge is -2.05. The summed E-state index contributed by atoms with van der Waals surface area (Å²) in [7, 11) is 0. The standard InChI is InChI=1S/C22H41NO3/c1-3-4-5-6-7-8-9-10-11-12-13-14-15-16-17-18-22(25)23-19-20-26-21(2)24/h10-11H,3-9,12-20H2,1-2H3,(H,23,25). The van der Waals surface area contributed by atoms with Crippen molar-refractivity contribution in [3.8, 4) is 0 Å². The van der Waals surface area contributed by atoms with E-state index >= 15 is 0 Å². The summed E-state index contributed by atoms with van der Waals surface area (Å²) in [6.45, 7) is 4.29. The highest BCUT2D eigenvalue weighted by molar-refractivity contribution is 5.75. The normalized spacial score (nSPS) is 11.0. The largest absolute Gasteiger partial charge is 0.464 e. The van der Waals surface area contributed by atoms with Crippen LogP contribution in [0.3, 0.4) is 0 Å². The summed E-state index contributed by atoms with van der Waals surface area (Å²) >= 11 is 0. The molecule has 0 aliphatic heterocycles. The van der Waals surface area contributed by atoms with E-state index in [1.807, 2.05) is 0 Å². The number of carbonyl (C=O) groups is 2. The number of hydrogen-bond donors (Lipinski definition) is 1. The first-order chi connectivity index (χ1) is 12.7. The van der Waals surface area contributed by atoms with Gasteiger partial charge in [0.05, 0.1) is 6.54 Å². The van der Waals surface area contributed by atoms with Crippen molar-refractivity contribution < 1.29 is 14.3 Å². The van der Waals surface area contributed by atoms with Gasteiger partial charge in [0.25, 0.3) is 0 Å². The minimum atomic E-state index is -0.309. The summed E-state index contributed by atoms with van der Waals surface area (Å²) in [5, 5.41) is 2.76. The number of allylic oxidation sites excluding steroid dienone is 2. The van der Waals surface area contributed by atoms with Crippen molar-refractivity contribution in [3.05, 3.63) is 12.2 Å². The van der Waals surface area contributed by atoms with Crippen molar-refractivity contribution in [1.82, 2.24) is 5.32 Å². The first-order valence-corrected chi connectivity index (χ1v) is 10.7. The Bertz CT molecular complexity index is 366. The molecule has 4 nitrogen and oxygen atoms in total. The average molecular weight is 368 g/mol. The second kappa shape index (κ2) is 20.0. The first-order valence-electron chi connectivity index (χ1n) is 10.7. The van der Waals surface area contributed by atoms with E-state index in [4.69, 9.17) is 4.74 Å². The van der Waals surface area contributed by atoms with Crippen LogP contribution in [0.4, 0.5) is 0 Å². The van der Waals surface area contributed by atoms with Gasteiger partial charge >= 0.3 is 5.97 Å². The maximum atomic E-state index is 11.6. The van der Waals surface area contributed by atoms with Crippen LogP contribution in [0.1, 0.15) is 104 Å². The molecule has 4 heteroatoms. The third-order valence-electron chi connectivity index (χ3n) is 4.40. The van der Waals surface area contributed by atoms with Crippen LogP contribution in [0.5, 0.6) is 0 Å². The number of amides is 1. The molecule has 0 rings (SSSR count). The predicted molar refractivity (Wildman–Crippen MR) is 109 cm³/mol. The van der Waals surface area contributed by atoms with Crippen molar-refractivity contribution in [2.24, 2.45) is 0 Å². The minimum Gasteiger partial charge on any atom is -0.464 e. The zero-order chi connectivity index (χ0) is 19.3. The highest BCUT2D eigenvalue weighted by Gasteiger charge is 2.01. The van der Waals surface area contributed by atoms with Crippen molar-refractivity contribution in [1.29, 1.82) is 0 Å². The molecule has 26 heavy (non-hydrogen) atoms. The molecule has 0 aliphatic rings. The topological polar surface area (TPSA) is 55.4 Å². The molecule has 0 radical (unpaired) electrons. The quantitative estimate of drug-likeness (QED) is 0.192. The third kappa shape index (κ3) is 20.7. The summed E-state index contributed by atoms with van der Waals surface area (Å²) in [4.78, 5) is 22.1. The molecule has 0 atom stereocenters. The van der Waals surface area contributed by atoms with Gasteiger partial charge in [-0.2, -0.15) is 0 Å². The first kappa shape index (κ1) is 24.7. The van der Waals surface area contributed by atoms with Crippen LogP contribution in [-0.2, 0) is 14.3 Å². The molecular weight excluding hydrogens is 326 g/mol. The lowest BCUT2D eigenvalue weighted by atomic mass is 10.1. The Morgan fingerprint density at radius 1 is 0.808 bits per heavy atom. The van der Waals surface area contributed by atoms with Crippen molar-refractivity contribution >= 4 is 11.9 Å². The van der Waals surface area contributed by atoms with E-state index in [2.05, 4.69) is 24.4 Å². The fraction of sp³-hybridized carbons (Fsp3) is 0.818. The lowest BCUT2D eigenvalue weighted by molar-refractivity contribution is -0.141. The van der Waals surface area contributed by atoms with Crippen LogP contribution >= 0.6 is 0 Å². The van der Waals surface area contributed by atoms with Gasteiger partial charge in [0.1, 0.15) is 6.61 Å². The van der Waals surface area contributed by atoms with E-state index in [0.29, 0.717) is 13.0 Å². The molecule has 152 valence electrons. The van der Waals surface area contributed by atoms with Crippen LogP contribution in [0.15, 0.2) is 12.2 Å². The van der Waals surface area contributed by atoms with Crippen LogP contribution < -0.4 is 5.32 Å². The van der Waals surface area contributed by atoms with Gasteiger partial charge in [0, 0.05) is 13.3 Å². The fourth-order valence-electron chi connectivity index (χ4n) is 2.83. The zero-order valence-electron chi connectivity index (χ0n) is 17.2. The molecule has 0 bridgehead atoms. The van der Waals surface area contributed by atoms with Crippen LogP contribution in [0, 0.1) is 0 Å². The second-order valence-corrected chi connectivity index (χ2v) is 7.02. The van der Waals surface area contributed by atoms with Crippen LogP contribution in [0.2, 0.25) is 0 Å². The SMILES string of the molecule is CCCCCCCCC=CCCCCCCCC(=O)NCCOC(C)=O. The number of hydrogen-bond acceptors (Lipinski definition) is 3. The van der Waals surface area contributed by atoms with Gasteiger partial charge in [0.15, 0.2) is 0 Å². The highest BCUT2D eigenvalue weighted by Crippen LogP contribution is 2.09. The Morgan fingerprint density at radius 3 is 1.92 bits per heavy atom. The van der Waals surface area contributed by atoms with Gasteiger partial charge in [-0.05, 0) is 32.1 Å². The van der Waals surface area contributed by atoms with Crippen molar-refractivity contribution in [2.45, 2.75) is 104 Å². The molecule has 0 aromatic rings. The molecule has 0 heterocycles. The molecule has 0 unspecified atom stereocenters. The summed E-state index contributed by atoms with van der Waals surface area (Å²) < 4.78 is 4.76. The maximum absolute atomic E-state index is 11.6. The number of esters is 1. The Kier molecular flexibility index (Phi) is 19.0. The van der Waals surface area contributed by atoms with E-state index in [-0.39, 0.29) is 18.5 Å². The molecule has 0 aromatic heterocycles. The summed E-state index contributed by atoms with van der Waals surface area (Å²) in [6.07, 6.45) is 21.6. The van der Waals surface area contributed by atoms with Crippen molar-refractivity contribution in [3.63, 3.8) is 0 Å². The minimum absolute atomic E-state index is 0.0507. The third-order valence-corrected chi connectivity index (χ3v) is 4.40. The van der Waals surface area contributed by atoms with E-state index < -0.39 is 0 Å². The fourth-order valence-corrected chi connectivity index (χ4v) is 2.83. The Hall–Kier alpha value is -1.32. The van der Waals surface area contributed by atoms with E-state index in [0.717, 1.165) is 12.8 Å². The summed E-state index contributed by atoms with van der Waals surface area (Å²) in [6, 6.07) is 0. The number of ether oxygens (including phenoxy) is 1. The van der Waals surface area contributed by atoms with E-state index in [1.165, 1.54) is 77.6 Å². The van der Waals surface area contributed by atoms with E-state index in [1.54, 1.807) is 0 Å².